The first kappa shape index (κ1) is 14.2. The Morgan fingerprint density at radius 3 is 2.68 bits per heavy atom. The summed E-state index contributed by atoms with van der Waals surface area (Å²) in [6.45, 7) is 1.81. The molecule has 0 aromatic heterocycles. The van der Waals surface area contributed by atoms with Crippen LogP contribution in [0.25, 0.3) is 0 Å². The molecular weight excluding hydrogens is 324 g/mol. The summed E-state index contributed by atoms with van der Waals surface area (Å²) >= 11 is 5.15. The maximum atomic E-state index is 11.1. The number of carboxylic acids is 1. The van der Waals surface area contributed by atoms with E-state index >= 15 is 0 Å². The van der Waals surface area contributed by atoms with E-state index in [1.165, 1.54) is 5.56 Å². The van der Waals surface area contributed by atoms with E-state index in [1.807, 2.05) is 37.3 Å². The molecule has 0 aliphatic heterocycles. The first-order valence-electron chi connectivity index (χ1n) is 5.78. The molecule has 0 fully saturated rings. The number of carboxylic acid groups (broad SMARTS) is 1. The predicted octanol–water partition coefficient (Wildman–Crippen LogP) is 4.75. The van der Waals surface area contributed by atoms with Gasteiger partial charge in [-0.15, -0.1) is 11.8 Å². The molecule has 98 valence electrons. The Labute approximate surface area is 125 Å². The van der Waals surface area contributed by atoms with Crippen LogP contribution in [0.15, 0.2) is 51.8 Å². The van der Waals surface area contributed by atoms with Gasteiger partial charge in [-0.2, -0.15) is 0 Å². The monoisotopic (exact) mass is 336 g/mol. The third-order valence-corrected chi connectivity index (χ3v) is 4.61. The zero-order valence-electron chi connectivity index (χ0n) is 10.4. The molecule has 0 amide bonds. The summed E-state index contributed by atoms with van der Waals surface area (Å²) in [5, 5.41) is 9.10. The SMILES string of the molecule is Cc1ccc(SCc2ccccc2Br)cc1C(=O)O. The van der Waals surface area contributed by atoms with E-state index in [1.54, 1.807) is 17.8 Å². The second kappa shape index (κ2) is 6.26. The molecule has 0 saturated carbocycles. The zero-order valence-corrected chi connectivity index (χ0v) is 12.8. The fourth-order valence-corrected chi connectivity index (χ4v) is 3.25. The van der Waals surface area contributed by atoms with Crippen molar-refractivity contribution in [2.45, 2.75) is 17.6 Å². The summed E-state index contributed by atoms with van der Waals surface area (Å²) in [6, 6.07) is 13.6. The van der Waals surface area contributed by atoms with E-state index < -0.39 is 5.97 Å². The molecular formula is C15H13BrO2S. The molecule has 0 heterocycles. The molecule has 19 heavy (non-hydrogen) atoms. The normalized spacial score (nSPS) is 10.4. The number of rotatable bonds is 4. The van der Waals surface area contributed by atoms with Crippen LogP contribution in [0.2, 0.25) is 0 Å². The Morgan fingerprint density at radius 1 is 1.26 bits per heavy atom. The van der Waals surface area contributed by atoms with Gasteiger partial charge < -0.3 is 5.11 Å². The molecule has 2 aromatic rings. The highest BCUT2D eigenvalue weighted by atomic mass is 79.9. The summed E-state index contributed by atoms with van der Waals surface area (Å²) in [6.07, 6.45) is 0. The van der Waals surface area contributed by atoms with Gasteiger partial charge >= 0.3 is 5.97 Å². The van der Waals surface area contributed by atoms with Crippen LogP contribution in [-0.4, -0.2) is 11.1 Å². The lowest BCUT2D eigenvalue weighted by Crippen LogP contribution is -1.99. The molecule has 0 unspecified atom stereocenters. The number of halogens is 1. The molecule has 0 spiro atoms. The minimum Gasteiger partial charge on any atom is -0.478 e. The van der Waals surface area contributed by atoms with E-state index in [-0.39, 0.29) is 0 Å². The Bertz CT molecular complexity index is 611. The number of benzene rings is 2. The summed E-state index contributed by atoms with van der Waals surface area (Å²) < 4.78 is 1.08. The van der Waals surface area contributed by atoms with Gasteiger partial charge in [0.1, 0.15) is 0 Å². The van der Waals surface area contributed by atoms with Gasteiger partial charge in [0.15, 0.2) is 0 Å². The average molecular weight is 337 g/mol. The van der Waals surface area contributed by atoms with Crippen LogP contribution >= 0.6 is 27.7 Å². The van der Waals surface area contributed by atoms with Gasteiger partial charge in [-0.1, -0.05) is 40.2 Å². The van der Waals surface area contributed by atoms with Crippen LogP contribution in [0.5, 0.6) is 0 Å². The van der Waals surface area contributed by atoms with Crippen molar-refractivity contribution in [3.8, 4) is 0 Å². The number of aromatic carboxylic acids is 1. The van der Waals surface area contributed by atoms with Crippen LogP contribution in [0.4, 0.5) is 0 Å². The van der Waals surface area contributed by atoms with E-state index in [2.05, 4.69) is 22.0 Å². The van der Waals surface area contributed by atoms with Gasteiger partial charge in [0.05, 0.1) is 5.56 Å². The van der Waals surface area contributed by atoms with Gasteiger partial charge in [-0.25, -0.2) is 4.79 Å². The summed E-state index contributed by atoms with van der Waals surface area (Å²) in [4.78, 5) is 12.1. The Balaban J connectivity index is 2.14. The Morgan fingerprint density at radius 2 is 2.00 bits per heavy atom. The van der Waals surface area contributed by atoms with E-state index in [9.17, 15) is 4.79 Å². The number of hydrogen-bond donors (Lipinski definition) is 1. The number of thioether (sulfide) groups is 1. The van der Waals surface area contributed by atoms with Gasteiger partial charge in [-0.3, -0.25) is 0 Å². The Hall–Kier alpha value is -1.26. The minimum absolute atomic E-state index is 0.372. The summed E-state index contributed by atoms with van der Waals surface area (Å²) in [5.41, 5.74) is 2.36. The van der Waals surface area contributed by atoms with Crippen LogP contribution in [-0.2, 0) is 5.75 Å². The first-order valence-corrected chi connectivity index (χ1v) is 7.56. The lowest BCUT2D eigenvalue weighted by molar-refractivity contribution is 0.0696. The highest BCUT2D eigenvalue weighted by molar-refractivity contribution is 9.10. The largest absolute Gasteiger partial charge is 0.478 e. The molecule has 0 aliphatic rings. The van der Waals surface area contributed by atoms with Crippen molar-refractivity contribution in [3.63, 3.8) is 0 Å². The molecule has 2 nitrogen and oxygen atoms in total. The third kappa shape index (κ3) is 3.61. The maximum absolute atomic E-state index is 11.1. The van der Waals surface area contributed by atoms with Crippen LogP contribution in [0, 0.1) is 6.92 Å². The quantitative estimate of drug-likeness (QED) is 0.818. The molecule has 1 N–H and O–H groups in total. The second-order valence-corrected chi connectivity index (χ2v) is 6.07. The van der Waals surface area contributed by atoms with Crippen molar-refractivity contribution in [1.29, 1.82) is 0 Å². The van der Waals surface area contributed by atoms with Crippen molar-refractivity contribution in [1.82, 2.24) is 0 Å². The fourth-order valence-electron chi connectivity index (χ4n) is 1.70. The van der Waals surface area contributed by atoms with Gasteiger partial charge in [0.25, 0.3) is 0 Å². The lowest BCUT2D eigenvalue weighted by atomic mass is 10.1. The van der Waals surface area contributed by atoms with Crippen molar-refractivity contribution >= 4 is 33.7 Å². The average Bonchev–Trinajstić information content (AvgIpc) is 2.39. The Kier molecular flexibility index (Phi) is 4.66. The second-order valence-electron chi connectivity index (χ2n) is 4.16. The molecule has 0 atom stereocenters. The summed E-state index contributed by atoms with van der Waals surface area (Å²) in [7, 11) is 0. The van der Waals surface area contributed by atoms with Crippen molar-refractivity contribution in [2.24, 2.45) is 0 Å². The van der Waals surface area contributed by atoms with Gasteiger partial charge in [0.2, 0.25) is 0 Å². The van der Waals surface area contributed by atoms with E-state index in [0.29, 0.717) is 5.56 Å². The molecule has 0 radical (unpaired) electrons. The predicted molar refractivity (Wildman–Crippen MR) is 81.8 cm³/mol. The van der Waals surface area contributed by atoms with Crippen molar-refractivity contribution in [3.05, 3.63) is 63.6 Å². The lowest BCUT2D eigenvalue weighted by Gasteiger charge is -2.07. The van der Waals surface area contributed by atoms with Crippen molar-refractivity contribution < 1.29 is 9.90 Å². The van der Waals surface area contributed by atoms with Crippen LogP contribution < -0.4 is 0 Å². The minimum atomic E-state index is -0.874. The zero-order chi connectivity index (χ0) is 13.8. The fraction of sp³-hybridized carbons (Fsp3) is 0.133. The number of carbonyl (C=O) groups is 1. The number of hydrogen-bond acceptors (Lipinski definition) is 2. The number of aryl methyl sites for hydroxylation is 1. The standard InChI is InChI=1S/C15H13BrO2S/c1-10-6-7-12(8-13(10)15(17)18)19-9-11-4-2-3-5-14(11)16/h2-8H,9H2,1H3,(H,17,18). The molecule has 0 aliphatic carbocycles. The molecule has 4 heteroatoms. The van der Waals surface area contributed by atoms with Crippen LogP contribution in [0.3, 0.4) is 0 Å². The van der Waals surface area contributed by atoms with Crippen molar-refractivity contribution in [2.75, 3.05) is 0 Å². The van der Waals surface area contributed by atoms with Gasteiger partial charge in [0, 0.05) is 15.1 Å². The summed E-state index contributed by atoms with van der Waals surface area (Å²) in [5.74, 6) is -0.0651. The molecule has 0 saturated heterocycles. The highest BCUT2D eigenvalue weighted by Crippen LogP contribution is 2.28. The smallest absolute Gasteiger partial charge is 0.335 e. The van der Waals surface area contributed by atoms with Crippen LogP contribution in [0.1, 0.15) is 21.5 Å². The topological polar surface area (TPSA) is 37.3 Å². The molecule has 0 bridgehead atoms. The molecule has 2 rings (SSSR count). The molecule has 2 aromatic carbocycles. The van der Waals surface area contributed by atoms with E-state index in [0.717, 1.165) is 20.7 Å². The maximum Gasteiger partial charge on any atom is 0.335 e. The van der Waals surface area contributed by atoms with Gasteiger partial charge in [-0.05, 0) is 36.2 Å². The first-order chi connectivity index (χ1) is 9.08. The van der Waals surface area contributed by atoms with E-state index in [4.69, 9.17) is 5.11 Å². The third-order valence-electron chi connectivity index (χ3n) is 2.79. The highest BCUT2D eigenvalue weighted by Gasteiger charge is 2.08.